The molecule has 1 aromatic carbocycles. The van der Waals surface area contributed by atoms with Crippen molar-refractivity contribution in [3.63, 3.8) is 0 Å². The first-order valence-electron chi connectivity index (χ1n) is 7.97. The van der Waals surface area contributed by atoms with Gasteiger partial charge in [0, 0.05) is 30.4 Å². The molecule has 0 spiro atoms. The Morgan fingerprint density at radius 2 is 2.00 bits per heavy atom. The van der Waals surface area contributed by atoms with Gasteiger partial charge in [0.15, 0.2) is 5.65 Å². The Morgan fingerprint density at radius 1 is 1.20 bits per heavy atom. The Hall–Kier alpha value is -3.22. The first-order chi connectivity index (χ1) is 12.0. The van der Waals surface area contributed by atoms with E-state index in [-0.39, 0.29) is 17.9 Å². The Balaban J connectivity index is 2.04. The minimum atomic E-state index is -0.202. The van der Waals surface area contributed by atoms with Crippen LogP contribution in [0.5, 0.6) is 0 Å². The molecule has 0 saturated heterocycles. The topological polar surface area (TPSA) is 99.8 Å². The van der Waals surface area contributed by atoms with Gasteiger partial charge in [-0.3, -0.25) is 9.59 Å². The summed E-state index contributed by atoms with van der Waals surface area (Å²) in [5.41, 5.74) is 3.37. The normalized spacial score (nSPS) is 10.9. The van der Waals surface area contributed by atoms with E-state index >= 15 is 0 Å². The standard InChI is InChI=1S/C18H19N5O2/c1-10(2)22-18(25)13-8-20-16-15(13)23-14(9-21-16)11-5-4-6-12(7-11)17(24)19-3/h4-10H,1-3H3,(H,19,24)(H,20,21)(H,22,25). The van der Waals surface area contributed by atoms with Crippen LogP contribution in [0.15, 0.2) is 36.7 Å². The van der Waals surface area contributed by atoms with E-state index < -0.39 is 0 Å². The monoisotopic (exact) mass is 337 g/mol. The molecule has 7 nitrogen and oxygen atoms in total. The van der Waals surface area contributed by atoms with Gasteiger partial charge >= 0.3 is 0 Å². The molecule has 0 atom stereocenters. The molecule has 0 bridgehead atoms. The van der Waals surface area contributed by atoms with Gasteiger partial charge in [0.25, 0.3) is 11.8 Å². The molecule has 0 radical (unpaired) electrons. The maximum atomic E-state index is 12.3. The lowest BCUT2D eigenvalue weighted by molar-refractivity contribution is 0.0941. The summed E-state index contributed by atoms with van der Waals surface area (Å²) in [6.45, 7) is 3.79. The third-order valence-corrected chi connectivity index (χ3v) is 3.69. The number of carbonyl (C=O) groups is 2. The molecule has 3 N–H and O–H groups in total. The van der Waals surface area contributed by atoms with Crippen LogP contribution in [-0.4, -0.2) is 39.9 Å². The van der Waals surface area contributed by atoms with Gasteiger partial charge in [0.05, 0.1) is 17.5 Å². The summed E-state index contributed by atoms with van der Waals surface area (Å²) in [7, 11) is 1.58. The van der Waals surface area contributed by atoms with E-state index in [1.807, 2.05) is 19.9 Å². The van der Waals surface area contributed by atoms with Crippen LogP contribution in [0, 0.1) is 0 Å². The highest BCUT2D eigenvalue weighted by Crippen LogP contribution is 2.22. The number of H-pyrrole nitrogens is 1. The molecule has 7 heteroatoms. The molecule has 0 saturated carbocycles. The highest BCUT2D eigenvalue weighted by molar-refractivity contribution is 6.04. The number of fused-ring (bicyclic) bond motifs is 1. The summed E-state index contributed by atoms with van der Waals surface area (Å²) in [6.07, 6.45) is 3.22. The molecule has 25 heavy (non-hydrogen) atoms. The largest absolute Gasteiger partial charge is 0.355 e. The zero-order valence-electron chi connectivity index (χ0n) is 14.3. The average molecular weight is 337 g/mol. The van der Waals surface area contributed by atoms with Gasteiger partial charge in [-0.2, -0.15) is 0 Å². The van der Waals surface area contributed by atoms with E-state index in [4.69, 9.17) is 0 Å². The SMILES string of the molecule is CNC(=O)c1cccc(-c2cnc3[nH]cc(C(=O)NC(C)C)c3n2)c1. The van der Waals surface area contributed by atoms with Crippen molar-refractivity contribution in [1.29, 1.82) is 0 Å². The fourth-order valence-corrected chi connectivity index (χ4v) is 2.51. The molecule has 0 aliphatic carbocycles. The van der Waals surface area contributed by atoms with Gasteiger partial charge in [0.2, 0.25) is 0 Å². The first kappa shape index (κ1) is 16.6. The Bertz CT molecular complexity index is 946. The summed E-state index contributed by atoms with van der Waals surface area (Å²) >= 11 is 0. The van der Waals surface area contributed by atoms with Crippen molar-refractivity contribution in [3.8, 4) is 11.3 Å². The second-order valence-electron chi connectivity index (χ2n) is 5.94. The van der Waals surface area contributed by atoms with E-state index in [1.165, 1.54) is 0 Å². The quantitative estimate of drug-likeness (QED) is 0.679. The summed E-state index contributed by atoms with van der Waals surface area (Å²) in [4.78, 5) is 36.0. The molecule has 0 fully saturated rings. The molecule has 2 aromatic heterocycles. The second-order valence-corrected chi connectivity index (χ2v) is 5.94. The summed E-state index contributed by atoms with van der Waals surface area (Å²) in [5, 5.41) is 5.44. The van der Waals surface area contributed by atoms with Gasteiger partial charge in [-0.25, -0.2) is 9.97 Å². The Labute approximate surface area is 144 Å². The van der Waals surface area contributed by atoms with Crippen LogP contribution < -0.4 is 10.6 Å². The maximum Gasteiger partial charge on any atom is 0.255 e. The molecular formula is C18H19N5O2. The van der Waals surface area contributed by atoms with Crippen LogP contribution in [-0.2, 0) is 0 Å². The number of benzene rings is 1. The molecule has 0 unspecified atom stereocenters. The van der Waals surface area contributed by atoms with Crippen LogP contribution in [0.2, 0.25) is 0 Å². The molecule has 3 rings (SSSR count). The van der Waals surface area contributed by atoms with Crippen molar-refractivity contribution in [3.05, 3.63) is 47.8 Å². The number of hydrogen-bond acceptors (Lipinski definition) is 4. The molecule has 128 valence electrons. The number of rotatable bonds is 4. The number of amides is 2. The predicted octanol–water partition coefficient (Wildman–Crippen LogP) is 2.12. The summed E-state index contributed by atoms with van der Waals surface area (Å²) in [6, 6.07) is 7.14. The smallest absolute Gasteiger partial charge is 0.255 e. The molecule has 2 amide bonds. The van der Waals surface area contributed by atoms with Gasteiger partial charge in [0.1, 0.15) is 5.52 Å². The van der Waals surface area contributed by atoms with Crippen molar-refractivity contribution in [1.82, 2.24) is 25.6 Å². The second kappa shape index (κ2) is 6.72. The van der Waals surface area contributed by atoms with E-state index in [0.717, 1.165) is 5.56 Å². The Morgan fingerprint density at radius 3 is 2.72 bits per heavy atom. The number of aromatic nitrogens is 3. The zero-order chi connectivity index (χ0) is 18.0. The van der Waals surface area contributed by atoms with Crippen molar-refractivity contribution < 1.29 is 9.59 Å². The molecule has 0 aliphatic rings. The molecule has 0 aliphatic heterocycles. The number of carbonyl (C=O) groups excluding carboxylic acids is 2. The van der Waals surface area contributed by atoms with Gasteiger partial charge < -0.3 is 15.6 Å². The lowest BCUT2D eigenvalue weighted by Crippen LogP contribution is -2.29. The predicted molar refractivity (Wildman–Crippen MR) is 95.3 cm³/mol. The van der Waals surface area contributed by atoms with E-state index in [2.05, 4.69) is 25.6 Å². The fraction of sp³-hybridized carbons (Fsp3) is 0.222. The third-order valence-electron chi connectivity index (χ3n) is 3.69. The molecular weight excluding hydrogens is 318 g/mol. The summed E-state index contributed by atoms with van der Waals surface area (Å²) < 4.78 is 0. The minimum Gasteiger partial charge on any atom is -0.355 e. The van der Waals surface area contributed by atoms with Crippen LogP contribution in [0.4, 0.5) is 0 Å². The average Bonchev–Trinajstić information content (AvgIpc) is 3.03. The van der Waals surface area contributed by atoms with Gasteiger partial charge in [-0.05, 0) is 26.0 Å². The number of hydrogen-bond donors (Lipinski definition) is 3. The summed E-state index contributed by atoms with van der Waals surface area (Å²) in [5.74, 6) is -0.374. The highest BCUT2D eigenvalue weighted by Gasteiger charge is 2.16. The van der Waals surface area contributed by atoms with Crippen molar-refractivity contribution >= 4 is 23.0 Å². The first-order valence-corrected chi connectivity index (χ1v) is 7.97. The van der Waals surface area contributed by atoms with E-state index in [1.54, 1.807) is 37.6 Å². The van der Waals surface area contributed by atoms with Crippen molar-refractivity contribution in [2.75, 3.05) is 7.05 Å². The van der Waals surface area contributed by atoms with Crippen LogP contribution >= 0.6 is 0 Å². The van der Waals surface area contributed by atoms with Crippen LogP contribution in [0.1, 0.15) is 34.6 Å². The van der Waals surface area contributed by atoms with E-state index in [0.29, 0.717) is 28.0 Å². The van der Waals surface area contributed by atoms with E-state index in [9.17, 15) is 9.59 Å². The zero-order valence-corrected chi connectivity index (χ0v) is 14.3. The lowest BCUT2D eigenvalue weighted by atomic mass is 10.1. The third kappa shape index (κ3) is 3.35. The lowest BCUT2D eigenvalue weighted by Gasteiger charge is -2.07. The van der Waals surface area contributed by atoms with Crippen LogP contribution in [0.25, 0.3) is 22.4 Å². The van der Waals surface area contributed by atoms with Gasteiger partial charge in [-0.1, -0.05) is 12.1 Å². The molecule has 2 heterocycles. The minimum absolute atomic E-state index is 0.0258. The van der Waals surface area contributed by atoms with Gasteiger partial charge in [-0.15, -0.1) is 0 Å². The Kier molecular flexibility index (Phi) is 4.47. The number of aromatic amines is 1. The highest BCUT2D eigenvalue weighted by atomic mass is 16.2. The van der Waals surface area contributed by atoms with Crippen molar-refractivity contribution in [2.45, 2.75) is 19.9 Å². The fourth-order valence-electron chi connectivity index (χ4n) is 2.51. The van der Waals surface area contributed by atoms with Crippen molar-refractivity contribution in [2.24, 2.45) is 0 Å². The number of nitrogens with one attached hydrogen (secondary N) is 3. The molecule has 3 aromatic rings. The number of nitrogens with zero attached hydrogens (tertiary/aromatic N) is 2. The maximum absolute atomic E-state index is 12.3. The van der Waals surface area contributed by atoms with Crippen LogP contribution in [0.3, 0.4) is 0 Å².